The zero-order chi connectivity index (χ0) is 15.7. The van der Waals surface area contributed by atoms with Crippen molar-refractivity contribution in [2.24, 2.45) is 0 Å². The molecule has 0 aliphatic heterocycles. The molecule has 0 heterocycles. The maximum Gasteiger partial charge on any atom is 0.318 e. The predicted octanol–water partition coefficient (Wildman–Crippen LogP) is 2.26. The average Bonchev–Trinajstić information content (AvgIpc) is 2.49. The van der Waals surface area contributed by atoms with Gasteiger partial charge in [0.2, 0.25) is 0 Å². The summed E-state index contributed by atoms with van der Waals surface area (Å²) in [7, 11) is 0. The summed E-state index contributed by atoms with van der Waals surface area (Å²) in [4.78, 5) is 24.4. The minimum atomic E-state index is -0.888. The maximum atomic E-state index is 12.2. The number of carboxylic acids is 1. The Kier molecular flexibility index (Phi) is 6.82. The van der Waals surface area contributed by atoms with Crippen LogP contribution < -0.4 is 5.32 Å². The molecular weight excluding hydrogens is 268 g/mol. The van der Waals surface area contributed by atoms with Crippen molar-refractivity contribution >= 4 is 12.0 Å². The van der Waals surface area contributed by atoms with Gasteiger partial charge in [0.05, 0.1) is 12.6 Å². The van der Waals surface area contributed by atoms with E-state index in [0.717, 1.165) is 5.56 Å². The first kappa shape index (κ1) is 16.6. The molecule has 2 amide bonds. The number of amides is 2. The number of rotatable bonds is 7. The van der Waals surface area contributed by atoms with E-state index in [1.807, 2.05) is 37.3 Å². The first-order valence-corrected chi connectivity index (χ1v) is 6.84. The third-order valence-electron chi connectivity index (χ3n) is 3.10. The van der Waals surface area contributed by atoms with Crippen molar-refractivity contribution in [2.45, 2.75) is 25.8 Å². The highest BCUT2D eigenvalue weighted by Gasteiger charge is 2.18. The zero-order valence-electron chi connectivity index (χ0n) is 12.1. The van der Waals surface area contributed by atoms with Gasteiger partial charge in [-0.1, -0.05) is 36.3 Å². The molecule has 5 heteroatoms. The molecule has 2 N–H and O–H groups in total. The number of carboxylic acid groups (broad SMARTS) is 1. The molecule has 1 aromatic rings. The van der Waals surface area contributed by atoms with Gasteiger partial charge in [-0.3, -0.25) is 4.79 Å². The van der Waals surface area contributed by atoms with Crippen LogP contribution in [0.1, 0.15) is 31.4 Å². The van der Waals surface area contributed by atoms with Crippen molar-refractivity contribution < 1.29 is 14.7 Å². The van der Waals surface area contributed by atoms with Crippen molar-refractivity contribution in [1.82, 2.24) is 10.2 Å². The topological polar surface area (TPSA) is 69.6 Å². The van der Waals surface area contributed by atoms with Crippen LogP contribution in [0.3, 0.4) is 0 Å². The summed E-state index contributed by atoms with van der Waals surface area (Å²) in [6.45, 7) is 2.56. The Hall–Kier alpha value is -2.48. The van der Waals surface area contributed by atoms with E-state index in [2.05, 4.69) is 11.2 Å². The first-order chi connectivity index (χ1) is 10.1. The third-order valence-corrected chi connectivity index (χ3v) is 3.10. The average molecular weight is 288 g/mol. The van der Waals surface area contributed by atoms with Gasteiger partial charge in [-0.15, -0.1) is 6.42 Å². The number of nitrogens with one attached hydrogen (secondary N) is 1. The smallest absolute Gasteiger partial charge is 0.318 e. The second kappa shape index (κ2) is 8.64. The SMILES string of the molecule is C#CCN(CC)C(=O)NC(CCC(=O)O)c1ccccc1. The van der Waals surface area contributed by atoms with Crippen LogP contribution in [0.4, 0.5) is 4.79 Å². The third kappa shape index (κ3) is 5.57. The summed E-state index contributed by atoms with van der Waals surface area (Å²) in [5.41, 5.74) is 0.879. The number of nitrogens with zero attached hydrogens (tertiary/aromatic N) is 1. The quantitative estimate of drug-likeness (QED) is 0.756. The fraction of sp³-hybridized carbons (Fsp3) is 0.375. The van der Waals surface area contributed by atoms with E-state index >= 15 is 0 Å². The highest BCUT2D eigenvalue weighted by molar-refractivity contribution is 5.75. The van der Waals surface area contributed by atoms with E-state index in [9.17, 15) is 9.59 Å². The van der Waals surface area contributed by atoms with Crippen LogP contribution in [0.5, 0.6) is 0 Å². The number of hydrogen-bond acceptors (Lipinski definition) is 2. The van der Waals surface area contributed by atoms with E-state index in [1.165, 1.54) is 4.90 Å². The van der Waals surface area contributed by atoms with E-state index in [4.69, 9.17) is 11.5 Å². The van der Waals surface area contributed by atoms with Crippen LogP contribution in [-0.4, -0.2) is 35.1 Å². The molecule has 1 rings (SSSR count). The lowest BCUT2D eigenvalue weighted by molar-refractivity contribution is -0.137. The molecule has 5 nitrogen and oxygen atoms in total. The summed E-state index contributed by atoms with van der Waals surface area (Å²) in [6.07, 6.45) is 5.55. The molecule has 0 spiro atoms. The molecule has 112 valence electrons. The Morgan fingerprint density at radius 2 is 2.05 bits per heavy atom. The van der Waals surface area contributed by atoms with E-state index in [0.29, 0.717) is 13.0 Å². The molecule has 1 aromatic carbocycles. The molecule has 0 bridgehead atoms. The first-order valence-electron chi connectivity index (χ1n) is 6.84. The molecule has 1 atom stereocenters. The number of aliphatic carboxylic acids is 1. The number of hydrogen-bond donors (Lipinski definition) is 2. The lowest BCUT2D eigenvalue weighted by Crippen LogP contribution is -2.41. The molecule has 0 aliphatic rings. The van der Waals surface area contributed by atoms with Gasteiger partial charge >= 0.3 is 12.0 Å². The standard InChI is InChI=1S/C16H20N2O3/c1-3-12-18(4-2)16(21)17-14(10-11-15(19)20)13-8-6-5-7-9-13/h1,5-9,14H,4,10-12H2,2H3,(H,17,21)(H,19,20). The van der Waals surface area contributed by atoms with Crippen molar-refractivity contribution in [3.63, 3.8) is 0 Å². The second-order valence-electron chi connectivity index (χ2n) is 4.56. The molecule has 0 fully saturated rings. The monoisotopic (exact) mass is 288 g/mol. The minimum absolute atomic E-state index is 0.0128. The van der Waals surface area contributed by atoms with Crippen LogP contribution in [0, 0.1) is 12.3 Å². The van der Waals surface area contributed by atoms with Gasteiger partial charge in [0.15, 0.2) is 0 Å². The normalized spacial score (nSPS) is 11.2. The molecule has 0 radical (unpaired) electrons. The lowest BCUT2D eigenvalue weighted by atomic mass is 10.0. The van der Waals surface area contributed by atoms with Gasteiger partial charge in [0.25, 0.3) is 0 Å². The van der Waals surface area contributed by atoms with E-state index in [1.54, 1.807) is 0 Å². The largest absolute Gasteiger partial charge is 0.481 e. The van der Waals surface area contributed by atoms with Gasteiger partial charge < -0.3 is 15.3 Å². The highest BCUT2D eigenvalue weighted by atomic mass is 16.4. The molecule has 0 aromatic heterocycles. The maximum absolute atomic E-state index is 12.2. The highest BCUT2D eigenvalue weighted by Crippen LogP contribution is 2.18. The Morgan fingerprint density at radius 1 is 1.38 bits per heavy atom. The Labute approximate surface area is 125 Å². The van der Waals surface area contributed by atoms with E-state index in [-0.39, 0.29) is 25.0 Å². The predicted molar refractivity (Wildman–Crippen MR) is 80.7 cm³/mol. The summed E-state index contributed by atoms with van der Waals surface area (Å²) in [6, 6.07) is 8.68. The molecular formula is C16H20N2O3. The zero-order valence-corrected chi connectivity index (χ0v) is 12.1. The summed E-state index contributed by atoms with van der Waals surface area (Å²) >= 11 is 0. The van der Waals surface area contributed by atoms with Gasteiger partial charge in [0.1, 0.15) is 0 Å². The van der Waals surface area contributed by atoms with Gasteiger partial charge in [-0.05, 0) is 18.9 Å². The molecule has 21 heavy (non-hydrogen) atoms. The fourth-order valence-electron chi connectivity index (χ4n) is 1.95. The second-order valence-corrected chi connectivity index (χ2v) is 4.56. The lowest BCUT2D eigenvalue weighted by Gasteiger charge is -2.24. The fourth-order valence-corrected chi connectivity index (χ4v) is 1.95. The van der Waals surface area contributed by atoms with Crippen LogP contribution in [0.15, 0.2) is 30.3 Å². The van der Waals surface area contributed by atoms with Gasteiger partial charge in [-0.2, -0.15) is 0 Å². The number of terminal acetylenes is 1. The molecule has 1 unspecified atom stereocenters. The van der Waals surface area contributed by atoms with Gasteiger partial charge in [-0.25, -0.2) is 4.79 Å². The van der Waals surface area contributed by atoms with Crippen LogP contribution >= 0.6 is 0 Å². The minimum Gasteiger partial charge on any atom is -0.481 e. The number of carbonyl (C=O) groups is 2. The number of carbonyl (C=O) groups excluding carboxylic acids is 1. The Balaban J connectivity index is 2.80. The Morgan fingerprint density at radius 3 is 2.57 bits per heavy atom. The summed E-state index contributed by atoms with van der Waals surface area (Å²) in [5.74, 6) is 1.55. The Bertz CT molecular complexity index is 508. The van der Waals surface area contributed by atoms with Gasteiger partial charge in [0, 0.05) is 13.0 Å². The van der Waals surface area contributed by atoms with E-state index < -0.39 is 5.97 Å². The number of urea groups is 1. The van der Waals surface area contributed by atoms with Crippen LogP contribution in [0.25, 0.3) is 0 Å². The number of benzene rings is 1. The molecule has 0 saturated heterocycles. The van der Waals surface area contributed by atoms with Crippen LogP contribution in [0.2, 0.25) is 0 Å². The van der Waals surface area contributed by atoms with Crippen LogP contribution in [-0.2, 0) is 4.79 Å². The van der Waals surface area contributed by atoms with Crippen molar-refractivity contribution in [3.8, 4) is 12.3 Å². The summed E-state index contributed by atoms with van der Waals surface area (Å²) in [5, 5.41) is 11.7. The molecule has 0 saturated carbocycles. The van der Waals surface area contributed by atoms with Crippen molar-refractivity contribution in [1.29, 1.82) is 0 Å². The van der Waals surface area contributed by atoms with Crippen molar-refractivity contribution in [3.05, 3.63) is 35.9 Å². The molecule has 0 aliphatic carbocycles. The summed E-state index contributed by atoms with van der Waals surface area (Å²) < 4.78 is 0. The van der Waals surface area contributed by atoms with Crippen molar-refractivity contribution in [2.75, 3.05) is 13.1 Å².